The minimum atomic E-state index is -4.57. The molecule has 0 aliphatic heterocycles. The highest BCUT2D eigenvalue weighted by Gasteiger charge is 2.32. The first-order chi connectivity index (χ1) is 19.0. The Kier molecular flexibility index (Phi) is 8.36. The molecule has 40 heavy (non-hydrogen) atoms. The van der Waals surface area contributed by atoms with Crippen LogP contribution in [0.4, 0.5) is 13.2 Å². The van der Waals surface area contributed by atoms with Gasteiger partial charge in [0.2, 0.25) is 0 Å². The van der Waals surface area contributed by atoms with Crippen molar-refractivity contribution in [2.24, 2.45) is 0 Å². The number of carbonyl (C=O) groups excluding carboxylic acids is 1. The van der Waals surface area contributed by atoms with Crippen LogP contribution in [-0.2, 0) is 17.3 Å². The summed E-state index contributed by atoms with van der Waals surface area (Å²) in [6.45, 7) is 0.172. The van der Waals surface area contributed by atoms with Gasteiger partial charge in [-0.2, -0.15) is 13.2 Å². The van der Waals surface area contributed by atoms with E-state index in [9.17, 15) is 33.0 Å². The predicted molar refractivity (Wildman–Crippen MR) is 141 cm³/mol. The summed E-state index contributed by atoms with van der Waals surface area (Å²) in [5, 5.41) is 22.3. The number of nitrogens with one attached hydrogen (secondary N) is 1. The summed E-state index contributed by atoms with van der Waals surface area (Å²) >= 11 is 0. The summed E-state index contributed by atoms with van der Waals surface area (Å²) in [5.41, 5.74) is -0.107. The molecule has 0 fully saturated rings. The SMILES string of the molecule is COC[C@H](Cc1ccc(O)cc1)NC(=O)c1cc(C(=O)O)c2cc(C#Cc3ccccc3C(F)(F)F)ccc2n1. The Morgan fingerprint density at radius 2 is 1.75 bits per heavy atom. The van der Waals surface area contributed by atoms with Crippen molar-refractivity contribution in [3.8, 4) is 17.6 Å². The highest BCUT2D eigenvalue weighted by Crippen LogP contribution is 2.31. The average molecular weight is 549 g/mol. The van der Waals surface area contributed by atoms with E-state index in [0.717, 1.165) is 17.7 Å². The molecule has 4 aromatic rings. The summed E-state index contributed by atoms with van der Waals surface area (Å²) in [7, 11) is 1.48. The van der Waals surface area contributed by atoms with E-state index in [0.29, 0.717) is 6.42 Å². The molecule has 0 bridgehead atoms. The Bertz CT molecular complexity index is 1620. The molecule has 0 unspecified atom stereocenters. The maximum Gasteiger partial charge on any atom is 0.417 e. The number of carboxylic acids is 1. The quantitative estimate of drug-likeness (QED) is 0.279. The van der Waals surface area contributed by atoms with Crippen LogP contribution in [0.5, 0.6) is 5.75 Å². The number of methoxy groups -OCH3 is 1. The minimum Gasteiger partial charge on any atom is -0.508 e. The molecule has 1 amide bonds. The first-order valence-electron chi connectivity index (χ1n) is 12.0. The maximum atomic E-state index is 13.3. The van der Waals surface area contributed by atoms with Gasteiger partial charge in [-0.25, -0.2) is 9.78 Å². The van der Waals surface area contributed by atoms with Crippen molar-refractivity contribution in [1.82, 2.24) is 10.3 Å². The highest BCUT2D eigenvalue weighted by atomic mass is 19.4. The third kappa shape index (κ3) is 6.76. The van der Waals surface area contributed by atoms with Crippen LogP contribution in [0.1, 0.15) is 43.1 Å². The predicted octanol–water partition coefficient (Wildman–Crippen LogP) is 5.04. The minimum absolute atomic E-state index is 0.109. The third-order valence-corrected chi connectivity index (χ3v) is 5.97. The van der Waals surface area contributed by atoms with E-state index in [1.807, 2.05) is 0 Å². The van der Waals surface area contributed by atoms with Crippen molar-refractivity contribution >= 4 is 22.8 Å². The van der Waals surface area contributed by atoms with Crippen LogP contribution in [0.2, 0.25) is 0 Å². The second-order valence-electron chi connectivity index (χ2n) is 8.88. The van der Waals surface area contributed by atoms with Gasteiger partial charge in [0.25, 0.3) is 5.91 Å². The number of rotatable bonds is 7. The number of amides is 1. The van der Waals surface area contributed by atoms with Crippen molar-refractivity contribution in [3.05, 3.63) is 106 Å². The molecule has 4 rings (SSSR count). The lowest BCUT2D eigenvalue weighted by atomic mass is 10.0. The van der Waals surface area contributed by atoms with Crippen LogP contribution in [0.25, 0.3) is 10.9 Å². The average Bonchev–Trinajstić information content (AvgIpc) is 2.92. The van der Waals surface area contributed by atoms with E-state index >= 15 is 0 Å². The van der Waals surface area contributed by atoms with Crippen LogP contribution < -0.4 is 5.32 Å². The molecule has 0 aliphatic carbocycles. The summed E-state index contributed by atoms with van der Waals surface area (Å²) in [5.74, 6) is 3.35. The monoisotopic (exact) mass is 548 g/mol. The number of hydrogen-bond acceptors (Lipinski definition) is 5. The fourth-order valence-electron chi connectivity index (χ4n) is 4.10. The first-order valence-corrected chi connectivity index (χ1v) is 12.0. The van der Waals surface area contributed by atoms with E-state index in [1.54, 1.807) is 12.1 Å². The van der Waals surface area contributed by atoms with Crippen LogP contribution in [-0.4, -0.2) is 46.8 Å². The number of hydrogen-bond donors (Lipinski definition) is 3. The number of phenols is 1. The number of nitrogens with zero attached hydrogens (tertiary/aromatic N) is 1. The Labute approximate surface area is 227 Å². The molecule has 1 atom stereocenters. The zero-order valence-electron chi connectivity index (χ0n) is 21.1. The lowest BCUT2D eigenvalue weighted by Crippen LogP contribution is -2.40. The molecule has 0 aliphatic rings. The number of aromatic nitrogens is 1. The van der Waals surface area contributed by atoms with Crippen LogP contribution in [0, 0.1) is 11.8 Å². The molecule has 3 aromatic carbocycles. The second kappa shape index (κ2) is 11.9. The van der Waals surface area contributed by atoms with Gasteiger partial charge < -0.3 is 20.3 Å². The van der Waals surface area contributed by atoms with Gasteiger partial charge in [-0.05, 0) is 60.5 Å². The number of alkyl halides is 3. The van der Waals surface area contributed by atoms with E-state index in [2.05, 4.69) is 22.1 Å². The molecule has 0 saturated carbocycles. The number of phenolic OH excluding ortho intramolecular Hbond substituents is 1. The highest BCUT2D eigenvalue weighted by molar-refractivity contribution is 6.06. The van der Waals surface area contributed by atoms with Gasteiger partial charge in [0.15, 0.2) is 0 Å². The molecule has 0 saturated heterocycles. The molecule has 3 N–H and O–H groups in total. The zero-order chi connectivity index (χ0) is 28.9. The van der Waals surface area contributed by atoms with Crippen LogP contribution in [0.15, 0.2) is 72.8 Å². The lowest BCUT2D eigenvalue weighted by Gasteiger charge is -2.18. The summed E-state index contributed by atoms with van der Waals surface area (Å²) in [6, 6.07) is 16.4. The van der Waals surface area contributed by atoms with Crippen molar-refractivity contribution in [2.75, 3.05) is 13.7 Å². The van der Waals surface area contributed by atoms with E-state index in [1.165, 1.54) is 55.6 Å². The number of carboxylic acid groups (broad SMARTS) is 1. The smallest absolute Gasteiger partial charge is 0.417 e. The molecule has 7 nitrogen and oxygen atoms in total. The number of aromatic carboxylic acids is 1. The number of halogens is 3. The molecule has 0 spiro atoms. The molecular formula is C30H23F3N2O5. The van der Waals surface area contributed by atoms with Gasteiger partial charge in [-0.3, -0.25) is 4.79 Å². The number of pyridine rings is 1. The molecule has 10 heteroatoms. The van der Waals surface area contributed by atoms with Gasteiger partial charge in [-0.1, -0.05) is 36.1 Å². The van der Waals surface area contributed by atoms with Crippen molar-refractivity contribution in [3.63, 3.8) is 0 Å². The second-order valence-corrected chi connectivity index (χ2v) is 8.88. The van der Waals surface area contributed by atoms with Gasteiger partial charge >= 0.3 is 12.1 Å². The van der Waals surface area contributed by atoms with Gasteiger partial charge in [-0.15, -0.1) is 0 Å². The Hall–Kier alpha value is -4.88. The number of fused-ring (bicyclic) bond motifs is 1. The summed E-state index contributed by atoms with van der Waals surface area (Å²) in [6.07, 6.45) is -4.18. The van der Waals surface area contributed by atoms with Crippen molar-refractivity contribution in [1.29, 1.82) is 0 Å². The number of aromatic hydroxyl groups is 1. The standard InChI is InChI=1S/C30H23F3N2O5/c1-40-17-21(14-18-7-11-22(36)12-8-18)34-28(37)27-16-24(29(38)39)23-15-19(9-13-26(23)35-27)6-10-20-4-2-3-5-25(20)30(31,32)33/h2-5,7-9,11-13,15-16,21,36H,14,17H2,1H3,(H,34,37)(H,38,39)/t21-/m0/s1. The maximum absolute atomic E-state index is 13.3. The number of ether oxygens (including phenoxy) is 1. The van der Waals surface area contributed by atoms with Crippen LogP contribution in [0.3, 0.4) is 0 Å². The molecule has 1 aromatic heterocycles. The number of carbonyl (C=O) groups is 2. The van der Waals surface area contributed by atoms with Gasteiger partial charge in [0, 0.05) is 23.6 Å². The molecule has 0 radical (unpaired) electrons. The van der Waals surface area contributed by atoms with E-state index in [-0.39, 0.29) is 45.6 Å². The summed E-state index contributed by atoms with van der Waals surface area (Å²) < 4.78 is 45.1. The molecule has 204 valence electrons. The van der Waals surface area contributed by atoms with Crippen LogP contribution >= 0.6 is 0 Å². The topological polar surface area (TPSA) is 109 Å². The first kappa shape index (κ1) is 28.1. The van der Waals surface area contributed by atoms with E-state index < -0.39 is 29.7 Å². The number of benzene rings is 3. The zero-order valence-corrected chi connectivity index (χ0v) is 21.1. The fourth-order valence-corrected chi connectivity index (χ4v) is 4.10. The Morgan fingerprint density at radius 1 is 1.02 bits per heavy atom. The molecule has 1 heterocycles. The van der Waals surface area contributed by atoms with Gasteiger partial charge in [0.1, 0.15) is 11.4 Å². The summed E-state index contributed by atoms with van der Waals surface area (Å²) in [4.78, 5) is 29.4. The molecular weight excluding hydrogens is 525 g/mol. The largest absolute Gasteiger partial charge is 0.508 e. The van der Waals surface area contributed by atoms with E-state index in [4.69, 9.17) is 4.74 Å². The fraction of sp³-hybridized carbons (Fsp3) is 0.167. The normalized spacial score (nSPS) is 11.9. The lowest BCUT2D eigenvalue weighted by molar-refractivity contribution is -0.137. The van der Waals surface area contributed by atoms with Crippen molar-refractivity contribution in [2.45, 2.75) is 18.6 Å². The van der Waals surface area contributed by atoms with Crippen molar-refractivity contribution < 1.29 is 37.7 Å². The third-order valence-electron chi connectivity index (χ3n) is 5.97. The van der Waals surface area contributed by atoms with Gasteiger partial charge in [0.05, 0.1) is 29.3 Å². The Balaban J connectivity index is 1.63. The Morgan fingerprint density at radius 3 is 2.42 bits per heavy atom.